The van der Waals surface area contributed by atoms with Gasteiger partial charge in [0.2, 0.25) is 17.7 Å². The summed E-state index contributed by atoms with van der Waals surface area (Å²) in [6.07, 6.45) is 0.0442. The Morgan fingerprint density at radius 1 is 0.871 bits per heavy atom. The molecule has 0 saturated carbocycles. The lowest BCUT2D eigenvalue weighted by atomic mass is 10.1. The maximum Gasteiger partial charge on any atom is 0.326 e. The zero-order chi connectivity index (χ0) is 23.3. The van der Waals surface area contributed by atoms with Gasteiger partial charge in [0.1, 0.15) is 18.1 Å². The van der Waals surface area contributed by atoms with Gasteiger partial charge in [-0.2, -0.15) is 0 Å². The van der Waals surface area contributed by atoms with Crippen molar-refractivity contribution < 1.29 is 44.1 Å². The molecule has 172 valence electrons. The number of carbonyl (C=O) groups excluding carboxylic acids is 3. The third-order valence-electron chi connectivity index (χ3n) is 5.37. The Hall–Kier alpha value is -3.22. The molecule has 2 heterocycles. The van der Waals surface area contributed by atoms with Crippen molar-refractivity contribution in [2.45, 2.75) is 62.7 Å². The number of carbonyl (C=O) groups is 6. The van der Waals surface area contributed by atoms with Crippen LogP contribution in [0.4, 0.5) is 0 Å². The molecule has 2 aliphatic rings. The van der Waals surface area contributed by atoms with Crippen molar-refractivity contribution in [2.24, 2.45) is 5.73 Å². The van der Waals surface area contributed by atoms with Crippen LogP contribution in [0.15, 0.2) is 0 Å². The molecule has 2 rings (SSSR count). The van der Waals surface area contributed by atoms with Crippen LogP contribution in [0, 0.1) is 0 Å². The number of carboxylic acid groups (broad SMARTS) is 3. The molecule has 0 radical (unpaired) electrons. The van der Waals surface area contributed by atoms with E-state index < -0.39 is 72.6 Å². The van der Waals surface area contributed by atoms with Gasteiger partial charge >= 0.3 is 17.9 Å². The minimum absolute atomic E-state index is 0.133. The van der Waals surface area contributed by atoms with Gasteiger partial charge in [0.25, 0.3) is 0 Å². The SMILES string of the molecule is NC(CC(=O)O)C(=O)NC(CC(=O)O)C(=O)N1CCCC1C(=O)N1CCCC1C(=O)O. The van der Waals surface area contributed by atoms with Gasteiger partial charge in [0.05, 0.1) is 18.9 Å². The number of rotatable bonds is 9. The number of carboxylic acids is 3. The molecule has 0 spiro atoms. The lowest BCUT2D eigenvalue weighted by Gasteiger charge is -2.32. The summed E-state index contributed by atoms with van der Waals surface area (Å²) in [4.78, 5) is 73.8. The molecule has 4 unspecified atom stereocenters. The summed E-state index contributed by atoms with van der Waals surface area (Å²) in [6.45, 7) is 0.377. The van der Waals surface area contributed by atoms with Gasteiger partial charge in [0.15, 0.2) is 0 Å². The first-order valence-electron chi connectivity index (χ1n) is 9.86. The minimum Gasteiger partial charge on any atom is -0.481 e. The fourth-order valence-corrected chi connectivity index (χ4v) is 3.90. The standard InChI is InChI=1S/C18H26N4O9/c19-9(7-13(23)24)15(27)20-10(8-14(25)26)16(28)21-5-1-3-11(21)17(29)22-6-2-4-12(22)18(30)31/h9-12H,1-8,19H2,(H,20,27)(H,23,24)(H,25,26)(H,30,31). The predicted molar refractivity (Wildman–Crippen MR) is 102 cm³/mol. The molecule has 3 amide bonds. The van der Waals surface area contributed by atoms with Crippen LogP contribution in [-0.4, -0.2) is 98.0 Å². The van der Waals surface area contributed by atoms with Gasteiger partial charge in [-0.3, -0.25) is 24.0 Å². The van der Waals surface area contributed by atoms with Gasteiger partial charge in [-0.15, -0.1) is 0 Å². The van der Waals surface area contributed by atoms with Crippen LogP contribution in [0.1, 0.15) is 38.5 Å². The monoisotopic (exact) mass is 442 g/mol. The van der Waals surface area contributed by atoms with Crippen molar-refractivity contribution in [1.29, 1.82) is 0 Å². The Morgan fingerprint density at radius 2 is 1.42 bits per heavy atom. The molecule has 0 bridgehead atoms. The molecule has 13 nitrogen and oxygen atoms in total. The molecule has 2 fully saturated rings. The molecule has 0 aromatic heterocycles. The molecular formula is C18H26N4O9. The van der Waals surface area contributed by atoms with E-state index in [0.717, 1.165) is 4.90 Å². The van der Waals surface area contributed by atoms with Gasteiger partial charge in [-0.05, 0) is 25.7 Å². The summed E-state index contributed by atoms with van der Waals surface area (Å²) in [6, 6.07) is -4.98. The smallest absolute Gasteiger partial charge is 0.326 e. The average Bonchev–Trinajstić information content (AvgIpc) is 3.34. The molecule has 13 heteroatoms. The van der Waals surface area contributed by atoms with Crippen LogP contribution in [0.5, 0.6) is 0 Å². The molecule has 0 aromatic rings. The summed E-state index contributed by atoms with van der Waals surface area (Å²) in [5.41, 5.74) is 5.47. The van der Waals surface area contributed by atoms with E-state index in [-0.39, 0.29) is 19.5 Å². The Bertz CT molecular complexity index is 771. The highest BCUT2D eigenvalue weighted by Crippen LogP contribution is 2.25. The Balaban J connectivity index is 2.16. The first-order chi connectivity index (χ1) is 14.5. The highest BCUT2D eigenvalue weighted by atomic mass is 16.4. The third-order valence-corrected chi connectivity index (χ3v) is 5.37. The molecule has 31 heavy (non-hydrogen) atoms. The Labute approximate surface area is 177 Å². The van der Waals surface area contributed by atoms with Gasteiger partial charge in [0, 0.05) is 13.1 Å². The number of hydrogen-bond acceptors (Lipinski definition) is 7. The number of likely N-dealkylation sites (tertiary alicyclic amines) is 2. The van der Waals surface area contributed by atoms with E-state index in [1.807, 2.05) is 0 Å². The summed E-state index contributed by atoms with van der Waals surface area (Å²) >= 11 is 0. The topological polar surface area (TPSA) is 208 Å². The second-order valence-corrected chi connectivity index (χ2v) is 7.58. The zero-order valence-corrected chi connectivity index (χ0v) is 16.7. The van der Waals surface area contributed by atoms with Crippen molar-refractivity contribution >= 4 is 35.6 Å². The Kier molecular flexibility index (Phi) is 7.91. The van der Waals surface area contributed by atoms with Crippen LogP contribution < -0.4 is 11.1 Å². The quantitative estimate of drug-likeness (QED) is 0.260. The fraction of sp³-hybridized carbons (Fsp3) is 0.667. The van der Waals surface area contributed by atoms with Gasteiger partial charge < -0.3 is 36.2 Å². The second kappa shape index (κ2) is 10.2. The lowest BCUT2D eigenvalue weighted by molar-refractivity contribution is -0.153. The molecule has 2 aliphatic heterocycles. The number of nitrogens with zero attached hydrogens (tertiary/aromatic N) is 2. The van der Waals surface area contributed by atoms with Gasteiger partial charge in [-0.1, -0.05) is 0 Å². The van der Waals surface area contributed by atoms with E-state index in [9.17, 15) is 33.9 Å². The molecule has 0 aromatic carbocycles. The molecule has 6 N–H and O–H groups in total. The van der Waals surface area contributed by atoms with Gasteiger partial charge in [-0.25, -0.2) is 4.79 Å². The first-order valence-corrected chi connectivity index (χ1v) is 9.86. The van der Waals surface area contributed by atoms with E-state index in [1.165, 1.54) is 4.90 Å². The number of amides is 3. The van der Waals surface area contributed by atoms with Crippen molar-refractivity contribution in [3.8, 4) is 0 Å². The largest absolute Gasteiger partial charge is 0.481 e. The van der Waals surface area contributed by atoms with Crippen LogP contribution >= 0.6 is 0 Å². The zero-order valence-electron chi connectivity index (χ0n) is 16.7. The van der Waals surface area contributed by atoms with E-state index in [0.29, 0.717) is 19.3 Å². The normalized spacial score (nSPS) is 22.6. The van der Waals surface area contributed by atoms with Crippen LogP contribution in [0.25, 0.3) is 0 Å². The summed E-state index contributed by atoms with van der Waals surface area (Å²) in [5.74, 6) is -6.22. The van der Waals surface area contributed by atoms with Crippen molar-refractivity contribution in [2.75, 3.05) is 13.1 Å². The summed E-state index contributed by atoms with van der Waals surface area (Å²) in [7, 11) is 0. The second-order valence-electron chi connectivity index (χ2n) is 7.58. The molecule has 0 aliphatic carbocycles. The maximum absolute atomic E-state index is 13.0. The van der Waals surface area contributed by atoms with E-state index >= 15 is 0 Å². The third kappa shape index (κ3) is 5.90. The van der Waals surface area contributed by atoms with E-state index in [2.05, 4.69) is 5.32 Å². The summed E-state index contributed by atoms with van der Waals surface area (Å²) in [5, 5.41) is 29.3. The predicted octanol–water partition coefficient (Wildman–Crippen LogP) is -2.19. The molecular weight excluding hydrogens is 416 g/mol. The maximum atomic E-state index is 13.0. The van der Waals surface area contributed by atoms with E-state index in [4.69, 9.17) is 15.9 Å². The lowest BCUT2D eigenvalue weighted by Crippen LogP contribution is -2.57. The highest BCUT2D eigenvalue weighted by Gasteiger charge is 2.44. The fourth-order valence-electron chi connectivity index (χ4n) is 3.90. The van der Waals surface area contributed by atoms with Crippen LogP contribution in [0.3, 0.4) is 0 Å². The van der Waals surface area contributed by atoms with Crippen molar-refractivity contribution in [3.05, 3.63) is 0 Å². The minimum atomic E-state index is -1.55. The number of nitrogens with two attached hydrogens (primary N) is 1. The average molecular weight is 442 g/mol. The number of nitrogens with one attached hydrogen (secondary N) is 1. The molecule has 2 saturated heterocycles. The van der Waals surface area contributed by atoms with E-state index in [1.54, 1.807) is 0 Å². The number of aliphatic carboxylic acids is 3. The number of hydrogen-bond donors (Lipinski definition) is 5. The van der Waals surface area contributed by atoms with Crippen LogP contribution in [-0.2, 0) is 28.8 Å². The first kappa shape index (κ1) is 24.1. The molecule has 4 atom stereocenters. The van der Waals surface area contributed by atoms with Crippen molar-refractivity contribution in [1.82, 2.24) is 15.1 Å². The van der Waals surface area contributed by atoms with Crippen molar-refractivity contribution in [3.63, 3.8) is 0 Å². The highest BCUT2D eigenvalue weighted by molar-refractivity contribution is 5.96. The Morgan fingerprint density at radius 3 is 1.97 bits per heavy atom. The summed E-state index contributed by atoms with van der Waals surface area (Å²) < 4.78 is 0. The van der Waals surface area contributed by atoms with Crippen LogP contribution in [0.2, 0.25) is 0 Å².